The maximum absolute atomic E-state index is 11.8. The zero-order valence-electron chi connectivity index (χ0n) is 11.5. The van der Waals surface area contributed by atoms with Crippen molar-refractivity contribution in [1.82, 2.24) is 0 Å². The minimum Gasteiger partial charge on any atom is -0.494 e. The number of nitrogens with one attached hydrogen (secondary N) is 1. The van der Waals surface area contributed by atoms with Gasteiger partial charge < -0.3 is 15.8 Å². The molecule has 1 amide bonds. The number of hydrogen-bond donors (Lipinski definition) is 2. The summed E-state index contributed by atoms with van der Waals surface area (Å²) in [5, 5.41) is 2.80. The van der Waals surface area contributed by atoms with Crippen LogP contribution in [0, 0.1) is 0 Å². The van der Waals surface area contributed by atoms with E-state index in [9.17, 15) is 4.79 Å². The van der Waals surface area contributed by atoms with Gasteiger partial charge in [-0.1, -0.05) is 26.3 Å². The summed E-state index contributed by atoms with van der Waals surface area (Å²) in [7, 11) is 0. The third-order valence-electron chi connectivity index (χ3n) is 2.51. The summed E-state index contributed by atoms with van der Waals surface area (Å²) in [5.74, 6) is 0.614. The molecule has 4 nitrogen and oxygen atoms in total. The van der Waals surface area contributed by atoms with E-state index in [2.05, 4.69) is 12.2 Å². The zero-order chi connectivity index (χ0) is 13.4. The van der Waals surface area contributed by atoms with E-state index in [-0.39, 0.29) is 18.3 Å². The lowest BCUT2D eigenvalue weighted by Gasteiger charge is -2.12. The number of carbonyl (C=O) groups is 1. The molecule has 0 aliphatic carbocycles. The largest absolute Gasteiger partial charge is 0.494 e. The molecule has 0 heterocycles. The molecule has 0 aliphatic heterocycles. The first-order valence-electron chi connectivity index (χ1n) is 6.46. The summed E-state index contributed by atoms with van der Waals surface area (Å²) in [4.78, 5) is 11.8. The topological polar surface area (TPSA) is 64.3 Å². The number of halogens is 1. The van der Waals surface area contributed by atoms with E-state index in [1.807, 2.05) is 31.2 Å². The van der Waals surface area contributed by atoms with Crippen molar-refractivity contribution in [3.05, 3.63) is 24.3 Å². The fraction of sp³-hybridized carbons (Fsp3) is 0.500. The second-order valence-corrected chi connectivity index (χ2v) is 4.26. The highest BCUT2D eigenvalue weighted by Crippen LogP contribution is 2.17. The molecule has 0 radical (unpaired) electrons. The van der Waals surface area contributed by atoms with Gasteiger partial charge in [-0.15, -0.1) is 12.4 Å². The molecule has 108 valence electrons. The minimum atomic E-state index is -0.449. The van der Waals surface area contributed by atoms with Gasteiger partial charge in [0.05, 0.1) is 12.6 Å². The van der Waals surface area contributed by atoms with Crippen LogP contribution in [0.5, 0.6) is 5.75 Å². The first-order valence-corrected chi connectivity index (χ1v) is 6.46. The van der Waals surface area contributed by atoms with E-state index < -0.39 is 6.04 Å². The summed E-state index contributed by atoms with van der Waals surface area (Å²) in [5.41, 5.74) is 6.47. The Balaban J connectivity index is 0.00000324. The van der Waals surface area contributed by atoms with Gasteiger partial charge >= 0.3 is 0 Å². The second-order valence-electron chi connectivity index (χ2n) is 4.26. The van der Waals surface area contributed by atoms with Gasteiger partial charge in [-0.05, 0) is 25.0 Å². The lowest BCUT2D eigenvalue weighted by atomic mass is 10.1. The Bertz CT molecular complexity index is 385. The fourth-order valence-electron chi connectivity index (χ4n) is 1.56. The molecule has 0 aromatic heterocycles. The molecular weight excluding hydrogens is 264 g/mol. The van der Waals surface area contributed by atoms with Crippen LogP contribution >= 0.6 is 12.4 Å². The van der Waals surface area contributed by atoms with Crippen LogP contribution in [0.4, 0.5) is 5.69 Å². The van der Waals surface area contributed by atoms with E-state index in [4.69, 9.17) is 10.5 Å². The Morgan fingerprint density at radius 3 is 2.74 bits per heavy atom. The van der Waals surface area contributed by atoms with Crippen molar-refractivity contribution in [1.29, 1.82) is 0 Å². The molecule has 1 aromatic rings. The Morgan fingerprint density at radius 1 is 1.37 bits per heavy atom. The van der Waals surface area contributed by atoms with Crippen LogP contribution in [0.2, 0.25) is 0 Å². The molecule has 1 rings (SSSR count). The highest BCUT2D eigenvalue weighted by molar-refractivity contribution is 5.94. The fourth-order valence-corrected chi connectivity index (χ4v) is 1.56. The van der Waals surface area contributed by atoms with Crippen LogP contribution in [0.1, 0.15) is 33.1 Å². The van der Waals surface area contributed by atoms with E-state index in [1.54, 1.807) is 0 Å². The maximum Gasteiger partial charge on any atom is 0.241 e. The van der Waals surface area contributed by atoms with Crippen molar-refractivity contribution >= 4 is 24.0 Å². The van der Waals surface area contributed by atoms with Gasteiger partial charge in [0.25, 0.3) is 0 Å². The quantitative estimate of drug-likeness (QED) is 0.810. The predicted octanol–water partition coefficient (Wildman–Crippen LogP) is 2.96. The van der Waals surface area contributed by atoms with Crippen molar-refractivity contribution in [3.63, 3.8) is 0 Å². The third kappa shape index (κ3) is 6.45. The van der Waals surface area contributed by atoms with Gasteiger partial charge in [0.15, 0.2) is 0 Å². The van der Waals surface area contributed by atoms with Crippen molar-refractivity contribution in [3.8, 4) is 5.75 Å². The summed E-state index contributed by atoms with van der Waals surface area (Å²) >= 11 is 0. The highest BCUT2D eigenvalue weighted by Gasteiger charge is 2.12. The lowest BCUT2D eigenvalue weighted by molar-refractivity contribution is -0.117. The van der Waals surface area contributed by atoms with Gasteiger partial charge in [0.2, 0.25) is 5.91 Å². The minimum absolute atomic E-state index is 0. The molecule has 0 fully saturated rings. The van der Waals surface area contributed by atoms with Gasteiger partial charge in [-0.3, -0.25) is 4.79 Å². The average molecular weight is 287 g/mol. The van der Waals surface area contributed by atoms with Crippen LogP contribution in [0.25, 0.3) is 0 Å². The normalized spacial score (nSPS) is 11.3. The van der Waals surface area contributed by atoms with Crippen molar-refractivity contribution in [2.75, 3.05) is 11.9 Å². The number of amides is 1. The summed E-state index contributed by atoms with van der Waals surface area (Å²) in [6.45, 7) is 4.73. The molecule has 0 bridgehead atoms. The van der Waals surface area contributed by atoms with Crippen LogP contribution < -0.4 is 15.8 Å². The standard InChI is InChI=1S/C14H22N2O2.ClH/c1-3-6-13(15)14(17)16-11-7-5-8-12(10-11)18-9-4-2;/h5,7-8,10,13H,3-4,6,9,15H2,1-2H3,(H,16,17);1H. The number of benzene rings is 1. The van der Waals surface area contributed by atoms with E-state index in [0.717, 1.165) is 24.3 Å². The molecule has 1 atom stereocenters. The second kappa shape index (κ2) is 9.64. The Labute approximate surface area is 121 Å². The molecule has 0 saturated heterocycles. The van der Waals surface area contributed by atoms with Crippen molar-refractivity contribution in [2.24, 2.45) is 5.73 Å². The average Bonchev–Trinajstić information content (AvgIpc) is 2.37. The van der Waals surface area contributed by atoms with Gasteiger partial charge in [0, 0.05) is 11.8 Å². The Hall–Kier alpha value is -1.26. The number of carbonyl (C=O) groups excluding carboxylic acids is 1. The van der Waals surface area contributed by atoms with Crippen molar-refractivity contribution < 1.29 is 9.53 Å². The van der Waals surface area contributed by atoms with Crippen molar-refractivity contribution in [2.45, 2.75) is 39.2 Å². The van der Waals surface area contributed by atoms with Gasteiger partial charge in [-0.2, -0.15) is 0 Å². The molecule has 1 aromatic carbocycles. The number of anilines is 1. The third-order valence-corrected chi connectivity index (χ3v) is 2.51. The van der Waals surface area contributed by atoms with E-state index >= 15 is 0 Å². The van der Waals surface area contributed by atoms with E-state index in [1.165, 1.54) is 0 Å². The number of hydrogen-bond acceptors (Lipinski definition) is 3. The number of nitrogens with two attached hydrogens (primary N) is 1. The van der Waals surface area contributed by atoms with Gasteiger partial charge in [0.1, 0.15) is 5.75 Å². The first-order chi connectivity index (χ1) is 8.67. The molecule has 0 saturated carbocycles. The molecule has 0 spiro atoms. The summed E-state index contributed by atoms with van der Waals surface area (Å²) < 4.78 is 5.50. The molecule has 0 aliphatic rings. The SMILES string of the molecule is CCCOc1cccc(NC(=O)C(N)CCC)c1.Cl. The van der Waals surface area contributed by atoms with Crippen LogP contribution in [0.3, 0.4) is 0 Å². The molecular formula is C14H23ClN2O2. The maximum atomic E-state index is 11.8. The lowest BCUT2D eigenvalue weighted by Crippen LogP contribution is -2.35. The number of rotatable bonds is 7. The Kier molecular flexibility index (Phi) is 9.00. The Morgan fingerprint density at radius 2 is 2.11 bits per heavy atom. The first kappa shape index (κ1) is 17.7. The monoisotopic (exact) mass is 286 g/mol. The zero-order valence-corrected chi connectivity index (χ0v) is 12.3. The molecule has 5 heteroatoms. The summed E-state index contributed by atoms with van der Waals surface area (Å²) in [6, 6.07) is 6.92. The molecule has 1 unspecified atom stereocenters. The van der Waals surface area contributed by atoms with Crippen LogP contribution in [-0.2, 0) is 4.79 Å². The van der Waals surface area contributed by atoms with Crippen LogP contribution in [-0.4, -0.2) is 18.6 Å². The molecule has 3 N–H and O–H groups in total. The van der Waals surface area contributed by atoms with E-state index in [0.29, 0.717) is 13.0 Å². The summed E-state index contributed by atoms with van der Waals surface area (Å²) in [6.07, 6.45) is 2.55. The van der Waals surface area contributed by atoms with Crippen LogP contribution in [0.15, 0.2) is 24.3 Å². The van der Waals surface area contributed by atoms with Gasteiger partial charge in [-0.25, -0.2) is 0 Å². The number of ether oxygens (including phenoxy) is 1. The predicted molar refractivity (Wildman–Crippen MR) is 81.0 cm³/mol. The smallest absolute Gasteiger partial charge is 0.241 e. The highest BCUT2D eigenvalue weighted by atomic mass is 35.5. The molecule has 19 heavy (non-hydrogen) atoms.